The Morgan fingerprint density at radius 2 is 1.79 bits per heavy atom. The summed E-state index contributed by atoms with van der Waals surface area (Å²) >= 11 is 0. The molecule has 47 heavy (non-hydrogen) atoms. The molecule has 2 atom stereocenters. The average Bonchev–Trinajstić information content (AvgIpc) is 3.67. The van der Waals surface area contributed by atoms with Crippen molar-refractivity contribution < 1.29 is 50.5 Å². The van der Waals surface area contributed by atoms with E-state index in [4.69, 9.17) is 14.3 Å². The minimum atomic E-state index is -4.72. The third kappa shape index (κ3) is 8.90. The number of halogens is 3. The highest BCUT2D eigenvalue weighted by molar-refractivity contribution is 7.90. The highest BCUT2D eigenvalue weighted by Crippen LogP contribution is 2.33. The second kappa shape index (κ2) is 14.3. The molecule has 2 aromatic carbocycles. The van der Waals surface area contributed by atoms with Crippen molar-refractivity contribution >= 4 is 22.1 Å². The summed E-state index contributed by atoms with van der Waals surface area (Å²) in [6.07, 6.45) is -6.20. The lowest BCUT2D eigenvalue weighted by Crippen LogP contribution is -2.40. The Bertz CT molecular complexity index is 1710. The van der Waals surface area contributed by atoms with E-state index in [0.29, 0.717) is 18.4 Å². The maximum absolute atomic E-state index is 13.5. The van der Waals surface area contributed by atoms with Gasteiger partial charge in [0.05, 0.1) is 33.7 Å². The number of hydrogen-bond acceptors (Lipinski definition) is 10. The van der Waals surface area contributed by atoms with E-state index >= 15 is 0 Å². The molecule has 2 heterocycles. The van der Waals surface area contributed by atoms with Gasteiger partial charge in [0, 0.05) is 12.5 Å². The maximum Gasteiger partial charge on any atom is 0.435 e. The summed E-state index contributed by atoms with van der Waals surface area (Å²) in [6, 6.07) is 11.7. The van der Waals surface area contributed by atoms with E-state index in [1.165, 1.54) is 24.1 Å². The number of carbonyl (C=O) groups excluding carboxylic acids is 2. The molecule has 4 rings (SSSR count). The number of hydrogen-bond donors (Lipinski definition) is 1. The highest BCUT2D eigenvalue weighted by atomic mass is 32.2. The molecule has 18 heteroatoms. The van der Waals surface area contributed by atoms with Gasteiger partial charge in [-0.25, -0.2) is 22.6 Å². The van der Waals surface area contributed by atoms with Crippen LogP contribution in [0, 0.1) is 18.0 Å². The topological polar surface area (TPSA) is 167 Å². The first-order chi connectivity index (χ1) is 22.0. The van der Waals surface area contributed by atoms with Crippen LogP contribution in [0.3, 0.4) is 0 Å². The first-order valence-corrected chi connectivity index (χ1v) is 15.9. The van der Waals surface area contributed by atoms with Crippen molar-refractivity contribution in [1.29, 1.82) is 0 Å². The summed E-state index contributed by atoms with van der Waals surface area (Å²) < 4.78 is 79.1. The molecule has 0 spiro atoms. The van der Waals surface area contributed by atoms with Gasteiger partial charge in [-0.05, 0) is 50.1 Å². The fourth-order valence-electron chi connectivity index (χ4n) is 4.47. The van der Waals surface area contributed by atoms with E-state index in [0.717, 1.165) is 28.4 Å². The molecule has 0 aliphatic carbocycles. The van der Waals surface area contributed by atoms with Crippen molar-refractivity contribution in [2.24, 2.45) is 11.2 Å². The van der Waals surface area contributed by atoms with Crippen LogP contribution in [-0.2, 0) is 35.3 Å². The largest absolute Gasteiger partial charge is 0.569 e. The van der Waals surface area contributed by atoms with Gasteiger partial charge in [-0.1, -0.05) is 43.7 Å². The molecule has 0 saturated carbocycles. The predicted octanol–water partition coefficient (Wildman–Crippen LogP) is 5.10. The number of carbonyl (C=O) groups is 2. The number of ether oxygens (including phenoxy) is 2. The lowest BCUT2D eigenvalue weighted by atomic mass is 10.1. The number of nitrogens with zero attached hydrogens (tertiary/aromatic N) is 5. The van der Waals surface area contributed by atoms with Crippen LogP contribution in [-0.4, -0.2) is 65.7 Å². The molecule has 0 bridgehead atoms. The summed E-state index contributed by atoms with van der Waals surface area (Å²) in [5.74, 6) is -0.951. The Labute approximate surface area is 268 Å². The summed E-state index contributed by atoms with van der Waals surface area (Å²) in [6.45, 7) is 6.34. The van der Waals surface area contributed by atoms with Crippen LogP contribution in [0.1, 0.15) is 44.9 Å². The molecule has 1 aliphatic rings. The monoisotopic (exact) mass is 682 g/mol. The Kier molecular flexibility index (Phi) is 10.6. The molecule has 1 fully saturated rings. The minimum Gasteiger partial charge on any atom is -0.569 e. The number of aromatic nitrogens is 2. The molecule has 1 amide bonds. The molecule has 1 saturated heterocycles. The first kappa shape index (κ1) is 35.0. The molecule has 254 valence electrons. The lowest BCUT2D eigenvalue weighted by molar-refractivity contribution is -0.716. The van der Waals surface area contributed by atoms with Gasteiger partial charge in [0.1, 0.15) is 12.6 Å². The quantitative estimate of drug-likeness (QED) is 0.0945. The number of rotatable bonds is 11. The van der Waals surface area contributed by atoms with Crippen LogP contribution in [0.2, 0.25) is 0 Å². The van der Waals surface area contributed by atoms with Crippen LogP contribution in [0.25, 0.3) is 16.9 Å². The summed E-state index contributed by atoms with van der Waals surface area (Å²) in [5, 5.41) is 20.7. The van der Waals surface area contributed by atoms with Crippen molar-refractivity contribution in [3.63, 3.8) is 0 Å². The fourth-order valence-corrected chi connectivity index (χ4v) is 5.36. The standard InChI is InChI=1S/C29H33F3N6O8S/c1-18(2)27(39)45-20(4)46-35-38(41)36-15-5-6-23(36)17-44-28(40)34-47(42,43)24-13-11-22(12-14-24)37-25(16-26(33-37)29(30,31)32)21-9-7-19(3)8-10-21/h7-14,16,18,20,23H,5-6,15,17H2,1-4H3,(H,34,40)/t20?,23-/m0/s1. The second-order valence-electron chi connectivity index (χ2n) is 10.9. The number of hydrazine groups is 1. The molecule has 1 aliphatic heterocycles. The van der Waals surface area contributed by atoms with E-state index in [-0.39, 0.29) is 34.4 Å². The van der Waals surface area contributed by atoms with Crippen LogP contribution in [0.5, 0.6) is 0 Å². The number of alkyl halides is 3. The summed E-state index contributed by atoms with van der Waals surface area (Å²) in [4.78, 5) is 28.7. The number of amides is 1. The van der Waals surface area contributed by atoms with Crippen LogP contribution in [0.15, 0.2) is 64.8 Å². The maximum atomic E-state index is 13.5. The molecule has 1 aromatic heterocycles. The molecule has 3 aromatic rings. The van der Waals surface area contributed by atoms with Gasteiger partial charge in [0.2, 0.25) is 5.28 Å². The van der Waals surface area contributed by atoms with Crippen molar-refractivity contribution in [3.8, 4) is 16.9 Å². The highest BCUT2D eigenvalue weighted by Gasteiger charge is 2.36. The zero-order valence-electron chi connectivity index (χ0n) is 25.8. The number of nitrogens with one attached hydrogen (secondary N) is 1. The Morgan fingerprint density at radius 1 is 1.13 bits per heavy atom. The molecular formula is C29H33F3N6O8S. The van der Waals surface area contributed by atoms with Gasteiger partial charge < -0.3 is 14.7 Å². The molecule has 14 nitrogen and oxygen atoms in total. The van der Waals surface area contributed by atoms with Gasteiger partial charge in [-0.15, -0.1) is 5.01 Å². The van der Waals surface area contributed by atoms with Gasteiger partial charge in [-0.3, -0.25) is 9.63 Å². The van der Waals surface area contributed by atoms with Crippen LogP contribution in [0.4, 0.5) is 18.0 Å². The Hall–Kier alpha value is -4.87. The van der Waals surface area contributed by atoms with E-state index < -0.39 is 52.2 Å². The number of esters is 1. The Morgan fingerprint density at radius 3 is 2.40 bits per heavy atom. The fraction of sp³-hybridized carbons (Fsp3) is 0.414. The van der Waals surface area contributed by atoms with Crippen molar-refractivity contribution in [2.75, 3.05) is 13.2 Å². The van der Waals surface area contributed by atoms with Crippen molar-refractivity contribution in [1.82, 2.24) is 19.5 Å². The van der Waals surface area contributed by atoms with Crippen molar-refractivity contribution in [3.05, 3.63) is 71.1 Å². The third-order valence-electron chi connectivity index (χ3n) is 6.95. The van der Waals surface area contributed by atoms with E-state index in [1.807, 2.05) is 6.92 Å². The first-order valence-electron chi connectivity index (χ1n) is 14.4. The molecule has 1 N–H and O–H groups in total. The average molecular weight is 683 g/mol. The van der Waals surface area contributed by atoms with Crippen molar-refractivity contribution in [2.45, 2.75) is 63.9 Å². The van der Waals surface area contributed by atoms with Gasteiger partial charge in [0.15, 0.2) is 5.69 Å². The van der Waals surface area contributed by atoms with Gasteiger partial charge >= 0.3 is 18.2 Å². The van der Waals surface area contributed by atoms with Gasteiger partial charge in [0.25, 0.3) is 16.3 Å². The summed E-state index contributed by atoms with van der Waals surface area (Å²) in [5.41, 5.74) is 0.516. The van der Waals surface area contributed by atoms with E-state index in [2.05, 4.69) is 10.4 Å². The lowest BCUT2D eigenvalue weighted by Gasteiger charge is -2.20. The van der Waals surface area contributed by atoms with E-state index in [9.17, 15) is 36.4 Å². The smallest absolute Gasteiger partial charge is 0.435 e. The second-order valence-corrected chi connectivity index (χ2v) is 12.6. The third-order valence-corrected chi connectivity index (χ3v) is 8.28. The van der Waals surface area contributed by atoms with Crippen LogP contribution < -0.4 is 4.72 Å². The number of aryl methyl sites for hydroxylation is 1. The molecule has 1 unspecified atom stereocenters. The SMILES string of the molecule is Cc1ccc(-c2cc(C(F)(F)F)nn2-c2ccc(S(=O)(=O)NC(=O)OC[C@@H]3CCCN3[N+]([O-])=NOC(C)OC(=O)C(C)C)cc2)cc1. The zero-order chi connectivity index (χ0) is 34.5. The van der Waals surface area contributed by atoms with Crippen LogP contribution >= 0.6 is 0 Å². The molecule has 0 radical (unpaired) electrons. The number of sulfonamides is 1. The normalized spacial score (nSPS) is 16.2. The minimum absolute atomic E-state index is 0.135. The number of benzene rings is 2. The molecular weight excluding hydrogens is 649 g/mol. The van der Waals surface area contributed by atoms with E-state index in [1.54, 1.807) is 42.8 Å². The summed E-state index contributed by atoms with van der Waals surface area (Å²) in [7, 11) is -4.45. The van der Waals surface area contributed by atoms with Gasteiger partial charge in [-0.2, -0.15) is 18.3 Å². The Balaban J connectivity index is 1.39. The zero-order valence-corrected chi connectivity index (χ0v) is 26.6. The predicted molar refractivity (Wildman–Crippen MR) is 158 cm³/mol.